The van der Waals surface area contributed by atoms with Crippen molar-refractivity contribution in [3.63, 3.8) is 0 Å². The van der Waals surface area contributed by atoms with Crippen molar-refractivity contribution in [3.05, 3.63) is 34.6 Å². The maximum absolute atomic E-state index is 13.7. The van der Waals surface area contributed by atoms with Crippen LogP contribution in [-0.2, 0) is 9.53 Å². The van der Waals surface area contributed by atoms with E-state index in [0.717, 1.165) is 0 Å². The average Bonchev–Trinajstić information content (AvgIpc) is 3.14. The predicted molar refractivity (Wildman–Crippen MR) is 70.8 cm³/mol. The zero-order chi connectivity index (χ0) is 14.7. The van der Waals surface area contributed by atoms with Gasteiger partial charge in [0.25, 0.3) is 0 Å². The molecule has 0 spiro atoms. The van der Waals surface area contributed by atoms with E-state index in [4.69, 9.17) is 17.3 Å². The molecule has 20 heavy (non-hydrogen) atoms. The Balaban J connectivity index is 1.85. The number of nitrogens with two attached hydrogens (primary N) is 1. The lowest BCUT2D eigenvalue weighted by Gasteiger charge is -2.06. The zero-order valence-electron chi connectivity index (χ0n) is 10.6. The molecule has 5 nitrogen and oxygen atoms in total. The van der Waals surface area contributed by atoms with Gasteiger partial charge in [0, 0.05) is 22.4 Å². The molecule has 2 rings (SSSR count). The van der Waals surface area contributed by atoms with Crippen molar-refractivity contribution in [2.45, 2.75) is 12.3 Å². The largest absolute Gasteiger partial charge is 0.448 e. The van der Waals surface area contributed by atoms with Gasteiger partial charge in [0.05, 0.1) is 6.54 Å². The molecule has 3 N–H and O–H groups in total. The average molecular weight is 301 g/mol. The molecule has 1 saturated carbocycles. The van der Waals surface area contributed by atoms with Crippen molar-refractivity contribution in [2.24, 2.45) is 11.7 Å². The minimum atomic E-state index is -0.887. The van der Waals surface area contributed by atoms with E-state index in [9.17, 15) is 14.0 Å². The Hall–Kier alpha value is -1.82. The van der Waals surface area contributed by atoms with Gasteiger partial charge in [0.2, 0.25) is 5.91 Å². The predicted octanol–water partition coefficient (Wildman–Crippen LogP) is 1.79. The van der Waals surface area contributed by atoms with E-state index < -0.39 is 11.9 Å². The quantitative estimate of drug-likeness (QED) is 0.814. The first kappa shape index (κ1) is 14.6. The first-order chi connectivity index (χ1) is 9.50. The molecule has 0 saturated heterocycles. The molecule has 7 heteroatoms. The third-order valence-corrected chi connectivity index (χ3v) is 3.47. The molecule has 0 radical (unpaired) electrons. The maximum Gasteiger partial charge on any atom is 0.404 e. The molecule has 1 aliphatic carbocycles. The number of carbonyl (C=O) groups excluding carboxylic acids is 2. The molecule has 1 aromatic rings. The SMILES string of the molecule is NC(=O)OCCNC(=O)[C@H]1C[C@H]1c1c(F)cccc1Cl. The molecule has 108 valence electrons. The molecule has 1 aromatic carbocycles. The minimum Gasteiger partial charge on any atom is -0.448 e. The Morgan fingerprint density at radius 2 is 2.25 bits per heavy atom. The Morgan fingerprint density at radius 3 is 2.90 bits per heavy atom. The summed E-state index contributed by atoms with van der Waals surface area (Å²) in [5.41, 5.74) is 5.17. The summed E-state index contributed by atoms with van der Waals surface area (Å²) >= 11 is 5.95. The number of primary amides is 1. The highest BCUT2D eigenvalue weighted by Crippen LogP contribution is 2.50. The zero-order valence-corrected chi connectivity index (χ0v) is 11.3. The Morgan fingerprint density at radius 1 is 1.50 bits per heavy atom. The third-order valence-electron chi connectivity index (χ3n) is 3.14. The Bertz CT molecular complexity index is 518. The van der Waals surface area contributed by atoms with Crippen LogP contribution in [0.3, 0.4) is 0 Å². The van der Waals surface area contributed by atoms with Crippen LogP contribution in [0, 0.1) is 11.7 Å². The third kappa shape index (κ3) is 3.39. The van der Waals surface area contributed by atoms with Crippen molar-refractivity contribution < 1.29 is 18.7 Å². The summed E-state index contributed by atoms with van der Waals surface area (Å²) in [5, 5.41) is 2.94. The number of benzene rings is 1. The van der Waals surface area contributed by atoms with Crippen molar-refractivity contribution in [1.82, 2.24) is 5.32 Å². The number of amides is 2. The van der Waals surface area contributed by atoms with E-state index in [-0.39, 0.29) is 30.9 Å². The van der Waals surface area contributed by atoms with E-state index in [2.05, 4.69) is 10.1 Å². The first-order valence-electron chi connectivity index (χ1n) is 6.14. The first-order valence-corrected chi connectivity index (χ1v) is 6.52. The van der Waals surface area contributed by atoms with Crippen molar-refractivity contribution >= 4 is 23.6 Å². The number of rotatable bonds is 5. The molecule has 0 bridgehead atoms. The number of halogens is 2. The lowest BCUT2D eigenvalue weighted by molar-refractivity contribution is -0.122. The van der Waals surface area contributed by atoms with Gasteiger partial charge >= 0.3 is 6.09 Å². The van der Waals surface area contributed by atoms with Crippen molar-refractivity contribution in [1.29, 1.82) is 0 Å². The van der Waals surface area contributed by atoms with Crippen LogP contribution >= 0.6 is 11.6 Å². The van der Waals surface area contributed by atoms with Gasteiger partial charge in [-0.2, -0.15) is 0 Å². The van der Waals surface area contributed by atoms with Crippen molar-refractivity contribution in [3.8, 4) is 0 Å². The van der Waals surface area contributed by atoms with Gasteiger partial charge in [-0.3, -0.25) is 4.79 Å². The molecule has 1 aliphatic rings. The van der Waals surface area contributed by atoms with E-state index in [1.165, 1.54) is 12.1 Å². The topological polar surface area (TPSA) is 81.4 Å². The minimum absolute atomic E-state index is 0.0128. The molecule has 2 atom stereocenters. The highest BCUT2D eigenvalue weighted by atomic mass is 35.5. The number of nitrogens with one attached hydrogen (secondary N) is 1. The molecular weight excluding hydrogens is 287 g/mol. The molecule has 0 unspecified atom stereocenters. The lowest BCUT2D eigenvalue weighted by Crippen LogP contribution is -2.30. The van der Waals surface area contributed by atoms with E-state index in [1.807, 2.05) is 0 Å². The van der Waals surface area contributed by atoms with E-state index in [1.54, 1.807) is 6.07 Å². The molecular formula is C13H14ClFN2O3. The summed E-state index contributed by atoms with van der Waals surface area (Å²) in [6.45, 7) is 0.189. The molecule has 0 aromatic heterocycles. The molecule has 0 heterocycles. The standard InChI is InChI=1S/C13H14ClFN2O3/c14-9-2-1-3-10(15)11(9)7-6-8(7)12(18)17-4-5-20-13(16)19/h1-3,7-8H,4-6H2,(H2,16,19)(H,17,18)/t7-,8+/m1/s1. The van der Waals surface area contributed by atoms with E-state index in [0.29, 0.717) is 17.0 Å². The number of hydrogen-bond acceptors (Lipinski definition) is 3. The fraction of sp³-hybridized carbons (Fsp3) is 0.385. The van der Waals surface area contributed by atoms with Gasteiger partial charge in [-0.15, -0.1) is 0 Å². The summed E-state index contributed by atoms with van der Waals surface area (Å²) in [4.78, 5) is 22.1. The molecule has 2 amide bonds. The van der Waals surface area contributed by atoms with Crippen molar-refractivity contribution in [2.75, 3.05) is 13.2 Å². The fourth-order valence-electron chi connectivity index (χ4n) is 2.13. The number of hydrogen-bond donors (Lipinski definition) is 2. The summed E-state index contributed by atoms with van der Waals surface area (Å²) in [6, 6.07) is 4.46. The van der Waals surface area contributed by atoms with Crippen LogP contribution in [0.4, 0.5) is 9.18 Å². The van der Waals surface area contributed by atoms with Crippen LogP contribution in [0.25, 0.3) is 0 Å². The number of ether oxygens (including phenoxy) is 1. The second-order valence-electron chi connectivity index (χ2n) is 4.54. The fourth-order valence-corrected chi connectivity index (χ4v) is 2.43. The number of carbonyl (C=O) groups is 2. The normalized spacial score (nSPS) is 20.3. The van der Waals surface area contributed by atoms with Gasteiger partial charge in [-0.25, -0.2) is 9.18 Å². The lowest BCUT2D eigenvalue weighted by atomic mass is 10.1. The second-order valence-corrected chi connectivity index (χ2v) is 4.95. The summed E-state index contributed by atoms with van der Waals surface area (Å²) in [6.07, 6.45) is -0.329. The van der Waals surface area contributed by atoms with Crippen LogP contribution in [-0.4, -0.2) is 25.2 Å². The van der Waals surface area contributed by atoms with Gasteiger partial charge < -0.3 is 15.8 Å². The van der Waals surface area contributed by atoms with E-state index >= 15 is 0 Å². The van der Waals surface area contributed by atoms with Gasteiger partial charge in [-0.1, -0.05) is 17.7 Å². The van der Waals surface area contributed by atoms with Gasteiger partial charge in [-0.05, 0) is 18.6 Å². The Labute approximate surface area is 120 Å². The van der Waals surface area contributed by atoms with Crippen LogP contribution in [0.2, 0.25) is 5.02 Å². The van der Waals surface area contributed by atoms with Crippen LogP contribution in [0.15, 0.2) is 18.2 Å². The monoisotopic (exact) mass is 300 g/mol. The van der Waals surface area contributed by atoms with Crippen LogP contribution in [0.1, 0.15) is 17.9 Å². The molecule has 0 aliphatic heterocycles. The summed E-state index contributed by atoms with van der Waals surface area (Å²) < 4.78 is 18.2. The maximum atomic E-state index is 13.7. The second kappa shape index (κ2) is 6.09. The van der Waals surface area contributed by atoms with Crippen LogP contribution in [0.5, 0.6) is 0 Å². The highest BCUT2D eigenvalue weighted by molar-refractivity contribution is 6.31. The smallest absolute Gasteiger partial charge is 0.404 e. The van der Waals surface area contributed by atoms with Gasteiger partial charge in [0.15, 0.2) is 0 Å². The van der Waals surface area contributed by atoms with Gasteiger partial charge in [0.1, 0.15) is 12.4 Å². The van der Waals surface area contributed by atoms with Crippen LogP contribution < -0.4 is 11.1 Å². The Kier molecular flexibility index (Phi) is 4.44. The molecule has 1 fully saturated rings. The summed E-state index contributed by atoms with van der Waals surface area (Å²) in [7, 11) is 0. The highest BCUT2D eigenvalue weighted by Gasteiger charge is 2.46. The summed E-state index contributed by atoms with van der Waals surface area (Å²) in [5.74, 6) is -1.09.